The van der Waals surface area contributed by atoms with Gasteiger partial charge in [-0.3, -0.25) is 5.32 Å². The largest absolute Gasteiger partial charge is 0.506 e. The summed E-state index contributed by atoms with van der Waals surface area (Å²) < 4.78 is 19.8. The molecule has 3 N–H and O–H groups in total. The monoisotopic (exact) mass is 552 g/mol. The van der Waals surface area contributed by atoms with Crippen LogP contribution in [0.15, 0.2) is 36.4 Å². The highest BCUT2D eigenvalue weighted by molar-refractivity contribution is 7.09. The maximum absolute atomic E-state index is 15.5. The van der Waals surface area contributed by atoms with Gasteiger partial charge in [0.25, 0.3) is 0 Å². The first-order valence-electron chi connectivity index (χ1n) is 13.5. The number of phenolic OH excluding ortho intramolecular Hbond substituents is 1. The van der Waals surface area contributed by atoms with Gasteiger partial charge >= 0.3 is 6.03 Å². The van der Waals surface area contributed by atoms with Crippen LogP contribution in [0, 0.1) is 11.2 Å². The fourth-order valence-electron chi connectivity index (χ4n) is 5.80. The van der Waals surface area contributed by atoms with Gasteiger partial charge in [-0.05, 0) is 55.6 Å². The van der Waals surface area contributed by atoms with Gasteiger partial charge in [0.05, 0.1) is 17.1 Å². The minimum absolute atomic E-state index is 0.0368. The van der Waals surface area contributed by atoms with Gasteiger partial charge in [-0.1, -0.05) is 46.8 Å². The molecule has 2 aliphatic rings. The van der Waals surface area contributed by atoms with Crippen LogP contribution in [0.3, 0.4) is 0 Å². The van der Waals surface area contributed by atoms with E-state index in [0.717, 1.165) is 44.0 Å². The number of nitrogens with zero attached hydrogens (tertiary/aromatic N) is 4. The molecule has 1 fully saturated rings. The Labute approximate surface area is 233 Å². The number of piperidine rings is 1. The van der Waals surface area contributed by atoms with Crippen molar-refractivity contribution in [2.45, 2.75) is 58.8 Å². The number of aromatic nitrogens is 2. The van der Waals surface area contributed by atoms with E-state index < -0.39 is 11.4 Å². The molecule has 0 atom stereocenters. The lowest BCUT2D eigenvalue weighted by atomic mass is 9.73. The number of benzene rings is 2. The van der Waals surface area contributed by atoms with E-state index in [0.29, 0.717) is 40.1 Å². The zero-order chi connectivity index (χ0) is 27.9. The van der Waals surface area contributed by atoms with Gasteiger partial charge in [0.1, 0.15) is 17.4 Å². The lowest BCUT2D eigenvalue weighted by molar-refractivity contribution is 0.124. The van der Waals surface area contributed by atoms with Crippen molar-refractivity contribution in [1.29, 1.82) is 0 Å². The van der Waals surface area contributed by atoms with Crippen LogP contribution in [0.2, 0.25) is 0 Å². The van der Waals surface area contributed by atoms with Crippen molar-refractivity contribution in [1.82, 2.24) is 14.3 Å². The first-order chi connectivity index (χ1) is 18.5. The Morgan fingerprint density at radius 2 is 1.87 bits per heavy atom. The van der Waals surface area contributed by atoms with Crippen molar-refractivity contribution in [2.24, 2.45) is 5.41 Å². The summed E-state index contributed by atoms with van der Waals surface area (Å²) in [5, 5.41) is 17.1. The summed E-state index contributed by atoms with van der Waals surface area (Å²) in [6, 6.07) is 9.75. The number of nitrogens with one attached hydrogen (secondary N) is 2. The molecule has 208 valence electrons. The number of rotatable bonds is 5. The van der Waals surface area contributed by atoms with Gasteiger partial charge in [-0.2, -0.15) is 4.37 Å². The topological polar surface area (TPSA) is 93.6 Å². The van der Waals surface area contributed by atoms with Gasteiger partial charge < -0.3 is 20.2 Å². The molecule has 0 saturated carbocycles. The van der Waals surface area contributed by atoms with Gasteiger partial charge in [-0.15, -0.1) is 0 Å². The summed E-state index contributed by atoms with van der Waals surface area (Å²) in [5.74, 6) is 0.585. The molecule has 0 unspecified atom stereocenters. The summed E-state index contributed by atoms with van der Waals surface area (Å²) in [5.41, 5.74) is 2.07. The van der Waals surface area contributed by atoms with E-state index in [1.165, 1.54) is 12.1 Å². The second-order valence-corrected chi connectivity index (χ2v) is 13.0. The van der Waals surface area contributed by atoms with Crippen LogP contribution in [0.4, 0.5) is 31.4 Å². The number of hydrogen-bond acceptors (Lipinski definition) is 7. The summed E-state index contributed by atoms with van der Waals surface area (Å²) in [6.45, 7) is 13.9. The quantitative estimate of drug-likeness (QED) is 0.327. The normalized spacial score (nSPS) is 17.1. The van der Waals surface area contributed by atoms with Crippen LogP contribution in [0.25, 0.3) is 0 Å². The minimum atomic E-state index is -0.443. The molecule has 1 spiro atoms. The second-order valence-electron chi connectivity index (χ2n) is 12.2. The van der Waals surface area contributed by atoms with E-state index in [4.69, 9.17) is 0 Å². The molecule has 2 aromatic carbocycles. The van der Waals surface area contributed by atoms with Crippen molar-refractivity contribution in [2.75, 3.05) is 41.7 Å². The van der Waals surface area contributed by atoms with Crippen LogP contribution in [-0.4, -0.2) is 51.6 Å². The van der Waals surface area contributed by atoms with E-state index in [1.54, 1.807) is 0 Å². The summed E-state index contributed by atoms with van der Waals surface area (Å²) >= 11 is 1.14. The highest BCUT2D eigenvalue weighted by Gasteiger charge is 2.48. The third-order valence-electron chi connectivity index (χ3n) is 7.50. The Balaban J connectivity index is 1.42. The Morgan fingerprint density at radius 3 is 2.54 bits per heavy atom. The number of para-hydroxylation sites is 2. The number of carbonyl (C=O) groups excluding carboxylic acids is 1. The van der Waals surface area contributed by atoms with Crippen LogP contribution in [0.1, 0.15) is 64.8 Å². The first kappa shape index (κ1) is 27.3. The highest BCUT2D eigenvalue weighted by atomic mass is 32.1. The molecule has 0 bridgehead atoms. The minimum Gasteiger partial charge on any atom is -0.506 e. The molecule has 8 nitrogen and oxygen atoms in total. The lowest BCUT2D eigenvalue weighted by Gasteiger charge is -2.42. The number of amides is 2. The van der Waals surface area contributed by atoms with E-state index in [2.05, 4.69) is 45.7 Å². The fourth-order valence-corrected chi connectivity index (χ4v) is 6.51. The predicted octanol–water partition coefficient (Wildman–Crippen LogP) is 6.68. The van der Waals surface area contributed by atoms with E-state index in [-0.39, 0.29) is 22.9 Å². The lowest BCUT2D eigenvalue weighted by Crippen LogP contribution is -2.47. The molecule has 1 aromatic heterocycles. The number of likely N-dealkylation sites (tertiary alicyclic amines) is 1. The maximum atomic E-state index is 15.5. The van der Waals surface area contributed by atoms with Crippen molar-refractivity contribution >= 4 is 39.8 Å². The predicted molar refractivity (Wildman–Crippen MR) is 155 cm³/mol. The molecule has 0 aliphatic carbocycles. The number of halogens is 1. The number of fused-ring (bicyclic) bond motifs is 2. The Morgan fingerprint density at radius 1 is 1.15 bits per heavy atom. The van der Waals surface area contributed by atoms with E-state index >= 15 is 4.39 Å². The summed E-state index contributed by atoms with van der Waals surface area (Å²) in [4.78, 5) is 21.7. The van der Waals surface area contributed by atoms with Crippen molar-refractivity contribution < 1.29 is 14.3 Å². The average Bonchev–Trinajstić information content (AvgIpc) is 3.46. The third-order valence-corrected chi connectivity index (χ3v) is 8.14. The second kappa shape index (κ2) is 10.4. The molecule has 10 heteroatoms. The van der Waals surface area contributed by atoms with Crippen LogP contribution in [0.5, 0.6) is 5.75 Å². The fraction of sp³-hybridized carbons (Fsp3) is 0.483. The van der Waals surface area contributed by atoms with Crippen LogP contribution < -0.4 is 15.5 Å². The molecule has 0 radical (unpaired) electrons. The molecule has 1 saturated heterocycles. The van der Waals surface area contributed by atoms with Crippen LogP contribution in [-0.2, 0) is 5.41 Å². The number of anilines is 4. The van der Waals surface area contributed by atoms with Gasteiger partial charge in [0.2, 0.25) is 5.13 Å². The third kappa shape index (κ3) is 5.58. The standard InChI is InChI=1S/C29H37FN6O2S/c1-18(2)25-32-27(39-34-25)33-26(38)31-20-8-6-7-9-21(20)36-17-29(23-19(30)10-11-22(37)24(23)36)12-14-35(15-13-29)16-28(3,4)5/h6-11,18,37H,12-17H2,1-5H3,(H2,31,32,33,34,38). The summed E-state index contributed by atoms with van der Waals surface area (Å²) in [6.07, 6.45) is 1.58. The summed E-state index contributed by atoms with van der Waals surface area (Å²) in [7, 11) is 0. The first-order valence-corrected chi connectivity index (χ1v) is 14.3. The maximum Gasteiger partial charge on any atom is 0.325 e. The van der Waals surface area contributed by atoms with E-state index in [9.17, 15) is 9.90 Å². The Hall–Kier alpha value is -3.24. The highest BCUT2D eigenvalue weighted by Crippen LogP contribution is 2.55. The number of hydrogen-bond donors (Lipinski definition) is 3. The van der Waals surface area contributed by atoms with Gasteiger partial charge in [0, 0.05) is 41.5 Å². The molecule has 39 heavy (non-hydrogen) atoms. The molecule has 2 amide bonds. The number of urea groups is 1. The smallest absolute Gasteiger partial charge is 0.325 e. The molecule has 5 rings (SSSR count). The SMILES string of the molecule is CC(C)c1nsc(NC(=O)Nc2ccccc2N2CC3(CCN(CC(C)(C)C)CC3)c3c(F)ccc(O)c32)n1. The van der Waals surface area contributed by atoms with E-state index in [1.807, 2.05) is 43.0 Å². The molecule has 3 heterocycles. The van der Waals surface area contributed by atoms with Crippen LogP contribution >= 0.6 is 11.5 Å². The number of carbonyl (C=O) groups is 1. The molecule has 3 aromatic rings. The van der Waals surface area contributed by atoms with Gasteiger partial charge in [-0.25, -0.2) is 14.2 Å². The Kier molecular flexibility index (Phi) is 7.28. The molecular formula is C29H37FN6O2S. The van der Waals surface area contributed by atoms with Gasteiger partial charge in [0.15, 0.2) is 0 Å². The number of aromatic hydroxyl groups is 1. The zero-order valence-corrected chi connectivity index (χ0v) is 24.0. The number of phenols is 1. The van der Waals surface area contributed by atoms with Crippen molar-refractivity contribution in [3.05, 3.63) is 53.6 Å². The average molecular weight is 553 g/mol. The van der Waals surface area contributed by atoms with Crippen molar-refractivity contribution in [3.63, 3.8) is 0 Å². The Bertz CT molecular complexity index is 1360. The zero-order valence-electron chi connectivity index (χ0n) is 23.2. The van der Waals surface area contributed by atoms with Crippen molar-refractivity contribution in [3.8, 4) is 5.75 Å². The molecular weight excluding hydrogens is 515 g/mol. The molecule has 2 aliphatic heterocycles.